The van der Waals surface area contributed by atoms with Gasteiger partial charge in [0, 0.05) is 11.8 Å². The summed E-state index contributed by atoms with van der Waals surface area (Å²) < 4.78 is 18.0. The van der Waals surface area contributed by atoms with Gasteiger partial charge < -0.3 is 14.8 Å². The molecule has 0 saturated heterocycles. The molecule has 0 aliphatic rings. The number of pyridine rings is 1. The van der Waals surface area contributed by atoms with E-state index in [2.05, 4.69) is 9.72 Å². The van der Waals surface area contributed by atoms with Crippen LogP contribution >= 0.6 is 0 Å². The van der Waals surface area contributed by atoms with Crippen LogP contribution in [0, 0.1) is 5.82 Å². The van der Waals surface area contributed by atoms with E-state index in [1.807, 2.05) is 0 Å². The molecule has 6 nitrogen and oxygen atoms in total. The maximum atomic E-state index is 13.5. The van der Waals surface area contributed by atoms with E-state index in [4.69, 9.17) is 5.11 Å². The van der Waals surface area contributed by atoms with Gasteiger partial charge in [0.15, 0.2) is 0 Å². The summed E-state index contributed by atoms with van der Waals surface area (Å²) in [5.74, 6) is -2.90. The number of H-pyrrole nitrogens is 1. The third kappa shape index (κ3) is 2.81. The topological polar surface area (TPSA) is 96.5 Å². The summed E-state index contributed by atoms with van der Waals surface area (Å²) in [6.07, 6.45) is 1.05. The first-order chi connectivity index (χ1) is 9.93. The third-order valence-corrected chi connectivity index (χ3v) is 2.83. The molecule has 2 N–H and O–H groups in total. The van der Waals surface area contributed by atoms with E-state index in [0.717, 1.165) is 31.5 Å². The Morgan fingerprint density at radius 1 is 1.29 bits per heavy atom. The van der Waals surface area contributed by atoms with Crippen LogP contribution < -0.4 is 5.56 Å². The fourth-order valence-electron chi connectivity index (χ4n) is 1.78. The number of esters is 1. The summed E-state index contributed by atoms with van der Waals surface area (Å²) in [4.78, 5) is 36.4. The largest absolute Gasteiger partial charge is 0.478 e. The van der Waals surface area contributed by atoms with Crippen LogP contribution in [-0.4, -0.2) is 29.1 Å². The molecule has 1 aromatic carbocycles. The smallest absolute Gasteiger partial charge is 0.340 e. The molecule has 0 atom stereocenters. The predicted molar refractivity (Wildman–Crippen MR) is 70.8 cm³/mol. The summed E-state index contributed by atoms with van der Waals surface area (Å²) in [5, 5.41) is 8.92. The van der Waals surface area contributed by atoms with Gasteiger partial charge in [-0.25, -0.2) is 14.0 Å². The molecule has 21 heavy (non-hydrogen) atoms. The maximum absolute atomic E-state index is 13.5. The highest BCUT2D eigenvalue weighted by Gasteiger charge is 2.15. The van der Waals surface area contributed by atoms with Crippen molar-refractivity contribution in [2.45, 2.75) is 0 Å². The lowest BCUT2D eigenvalue weighted by atomic mass is 10.0. The lowest BCUT2D eigenvalue weighted by Gasteiger charge is -2.06. The van der Waals surface area contributed by atoms with E-state index in [0.29, 0.717) is 0 Å². The second kappa shape index (κ2) is 5.58. The molecular formula is C14H10FNO5. The Morgan fingerprint density at radius 2 is 2.00 bits per heavy atom. The van der Waals surface area contributed by atoms with Gasteiger partial charge in [0.1, 0.15) is 5.82 Å². The molecule has 2 rings (SSSR count). The summed E-state index contributed by atoms with van der Waals surface area (Å²) in [6, 6.07) is 4.57. The zero-order valence-electron chi connectivity index (χ0n) is 10.8. The van der Waals surface area contributed by atoms with Crippen molar-refractivity contribution in [3.05, 3.63) is 57.8 Å². The molecule has 108 valence electrons. The first-order valence-electron chi connectivity index (χ1n) is 5.78. The van der Waals surface area contributed by atoms with Crippen molar-refractivity contribution in [2.75, 3.05) is 7.11 Å². The molecule has 0 fully saturated rings. The van der Waals surface area contributed by atoms with Crippen molar-refractivity contribution in [1.29, 1.82) is 0 Å². The standard InChI is InChI=1S/C14H10FNO5/c1-21-14(20)10-4-7(2-3-11(10)15)9-5-8(13(18)19)6-16-12(9)17/h2-6H,1H3,(H,16,17)(H,18,19). The van der Waals surface area contributed by atoms with Crippen LogP contribution in [0.3, 0.4) is 0 Å². The number of aromatic carboxylic acids is 1. The fraction of sp³-hybridized carbons (Fsp3) is 0.0714. The predicted octanol–water partition coefficient (Wildman–Crippen LogP) is 1.67. The molecule has 0 saturated carbocycles. The number of carboxylic acid groups (broad SMARTS) is 1. The first kappa shape index (κ1) is 14.4. The molecule has 0 aliphatic carbocycles. The van der Waals surface area contributed by atoms with Gasteiger partial charge in [-0.2, -0.15) is 0 Å². The molecule has 7 heteroatoms. The number of ether oxygens (including phenoxy) is 1. The van der Waals surface area contributed by atoms with E-state index < -0.39 is 23.3 Å². The van der Waals surface area contributed by atoms with Crippen molar-refractivity contribution in [3.8, 4) is 11.1 Å². The average Bonchev–Trinajstić information content (AvgIpc) is 2.47. The summed E-state index contributed by atoms with van der Waals surface area (Å²) in [6.45, 7) is 0. The lowest BCUT2D eigenvalue weighted by molar-refractivity contribution is 0.0594. The number of nitrogens with one attached hydrogen (secondary N) is 1. The Balaban J connectivity index is 2.62. The fourth-order valence-corrected chi connectivity index (χ4v) is 1.78. The van der Waals surface area contributed by atoms with Crippen LogP contribution in [0.5, 0.6) is 0 Å². The van der Waals surface area contributed by atoms with Crippen LogP contribution in [0.2, 0.25) is 0 Å². The van der Waals surface area contributed by atoms with Gasteiger partial charge in [0.2, 0.25) is 0 Å². The second-order valence-electron chi connectivity index (χ2n) is 4.12. The number of carbonyl (C=O) groups excluding carboxylic acids is 1. The SMILES string of the molecule is COC(=O)c1cc(-c2cc(C(=O)O)c[nH]c2=O)ccc1F. The first-order valence-corrected chi connectivity index (χ1v) is 5.78. The number of aromatic amines is 1. The highest BCUT2D eigenvalue weighted by atomic mass is 19.1. The monoisotopic (exact) mass is 291 g/mol. The molecule has 1 heterocycles. The molecule has 0 aliphatic heterocycles. The van der Waals surface area contributed by atoms with E-state index in [1.165, 1.54) is 6.07 Å². The quantitative estimate of drug-likeness (QED) is 0.838. The lowest BCUT2D eigenvalue weighted by Crippen LogP contribution is -2.12. The number of halogens is 1. The van der Waals surface area contributed by atoms with E-state index in [9.17, 15) is 18.8 Å². The maximum Gasteiger partial charge on any atom is 0.340 e. The minimum atomic E-state index is -1.22. The Kier molecular flexibility index (Phi) is 3.84. The van der Waals surface area contributed by atoms with Crippen molar-refractivity contribution >= 4 is 11.9 Å². The van der Waals surface area contributed by atoms with E-state index >= 15 is 0 Å². The molecule has 0 unspecified atom stereocenters. The zero-order valence-corrected chi connectivity index (χ0v) is 10.8. The Bertz CT molecular complexity index is 781. The normalized spacial score (nSPS) is 10.2. The second-order valence-corrected chi connectivity index (χ2v) is 4.12. The van der Waals surface area contributed by atoms with Crippen molar-refractivity contribution in [1.82, 2.24) is 4.98 Å². The van der Waals surface area contributed by atoms with Gasteiger partial charge in [0.05, 0.1) is 18.2 Å². The Labute approximate surface area is 117 Å². The van der Waals surface area contributed by atoms with Crippen LogP contribution in [-0.2, 0) is 4.74 Å². The van der Waals surface area contributed by atoms with Gasteiger partial charge in [-0.15, -0.1) is 0 Å². The molecule has 0 bridgehead atoms. The van der Waals surface area contributed by atoms with Crippen molar-refractivity contribution < 1.29 is 23.8 Å². The summed E-state index contributed by atoms with van der Waals surface area (Å²) >= 11 is 0. The van der Waals surface area contributed by atoms with Crippen molar-refractivity contribution in [2.24, 2.45) is 0 Å². The number of carbonyl (C=O) groups is 2. The number of benzene rings is 1. The van der Waals surface area contributed by atoms with Crippen molar-refractivity contribution in [3.63, 3.8) is 0 Å². The highest BCUT2D eigenvalue weighted by Crippen LogP contribution is 2.20. The van der Waals surface area contributed by atoms with Gasteiger partial charge in [-0.1, -0.05) is 6.07 Å². The minimum Gasteiger partial charge on any atom is -0.478 e. The van der Waals surface area contributed by atoms with Crippen LogP contribution in [0.4, 0.5) is 4.39 Å². The van der Waals surface area contributed by atoms with Crippen LogP contribution in [0.15, 0.2) is 35.3 Å². The van der Waals surface area contributed by atoms with E-state index in [1.54, 1.807) is 0 Å². The molecule has 1 aromatic heterocycles. The number of rotatable bonds is 3. The van der Waals surface area contributed by atoms with Gasteiger partial charge in [-0.05, 0) is 23.8 Å². The number of hydrogen-bond donors (Lipinski definition) is 2. The number of hydrogen-bond acceptors (Lipinski definition) is 4. The van der Waals surface area contributed by atoms with Crippen LogP contribution in [0.25, 0.3) is 11.1 Å². The van der Waals surface area contributed by atoms with Gasteiger partial charge >= 0.3 is 11.9 Å². The highest BCUT2D eigenvalue weighted by molar-refractivity contribution is 5.92. The summed E-state index contributed by atoms with van der Waals surface area (Å²) in [5.41, 5.74) is -0.799. The molecule has 2 aromatic rings. The molecule has 0 spiro atoms. The van der Waals surface area contributed by atoms with Gasteiger partial charge in [0.25, 0.3) is 5.56 Å². The molecule has 0 radical (unpaired) electrons. The number of carboxylic acids is 1. The molecule has 0 amide bonds. The van der Waals surface area contributed by atoms with Crippen LogP contribution in [0.1, 0.15) is 20.7 Å². The van der Waals surface area contributed by atoms with E-state index in [-0.39, 0.29) is 22.3 Å². The van der Waals surface area contributed by atoms with Gasteiger partial charge in [-0.3, -0.25) is 4.79 Å². The third-order valence-electron chi connectivity index (χ3n) is 2.83. The Morgan fingerprint density at radius 3 is 2.62 bits per heavy atom. The minimum absolute atomic E-state index is 0.0139. The zero-order chi connectivity index (χ0) is 15.6. The number of aromatic nitrogens is 1. The molecular weight excluding hydrogens is 281 g/mol. The number of methoxy groups -OCH3 is 1. The average molecular weight is 291 g/mol. The Hall–Kier alpha value is -2.96. The summed E-state index contributed by atoms with van der Waals surface area (Å²) in [7, 11) is 1.10.